The Balaban J connectivity index is 1.59. The lowest BCUT2D eigenvalue weighted by Gasteiger charge is -2.15. The van der Waals surface area contributed by atoms with Crippen molar-refractivity contribution in [3.63, 3.8) is 0 Å². The van der Waals surface area contributed by atoms with Crippen LogP contribution in [0.3, 0.4) is 0 Å². The van der Waals surface area contributed by atoms with E-state index < -0.39 is 0 Å². The van der Waals surface area contributed by atoms with Gasteiger partial charge in [-0.15, -0.1) is 0 Å². The summed E-state index contributed by atoms with van der Waals surface area (Å²) in [5, 5.41) is 5.89. The lowest BCUT2D eigenvalue weighted by molar-refractivity contribution is -0.114. The minimum absolute atomic E-state index is 0.150. The summed E-state index contributed by atoms with van der Waals surface area (Å²) in [7, 11) is 1.62. The standard InChI is InChI=1S/C27H25IN2O3/c1-17-10-18(2)12-21(11-17)16-33-26-24(28)14-20(15-25(26)32-4)13-23-19(3)29-30(27(23)31)22-8-6-5-7-9-22/h5-15H,16H2,1-4H3/b23-13+. The minimum Gasteiger partial charge on any atom is -0.493 e. The van der Waals surface area contributed by atoms with Gasteiger partial charge in [-0.1, -0.05) is 47.5 Å². The highest BCUT2D eigenvalue weighted by Gasteiger charge is 2.28. The van der Waals surface area contributed by atoms with E-state index in [1.807, 2.05) is 55.5 Å². The number of benzene rings is 3. The number of rotatable bonds is 6. The van der Waals surface area contributed by atoms with Crippen molar-refractivity contribution < 1.29 is 14.3 Å². The lowest BCUT2D eigenvalue weighted by atomic mass is 10.1. The first-order valence-corrected chi connectivity index (χ1v) is 11.7. The number of hydrogen-bond acceptors (Lipinski definition) is 4. The van der Waals surface area contributed by atoms with Crippen molar-refractivity contribution in [1.82, 2.24) is 0 Å². The van der Waals surface area contributed by atoms with Crippen molar-refractivity contribution in [2.24, 2.45) is 5.10 Å². The number of para-hydroxylation sites is 1. The molecule has 33 heavy (non-hydrogen) atoms. The van der Waals surface area contributed by atoms with Crippen molar-refractivity contribution in [1.29, 1.82) is 0 Å². The maximum atomic E-state index is 13.0. The molecule has 0 atom stereocenters. The summed E-state index contributed by atoms with van der Waals surface area (Å²) >= 11 is 2.24. The molecule has 0 bridgehead atoms. The van der Waals surface area contributed by atoms with E-state index in [-0.39, 0.29) is 5.91 Å². The number of hydrogen-bond donors (Lipinski definition) is 0. The summed E-state index contributed by atoms with van der Waals surface area (Å²) in [4.78, 5) is 13.0. The van der Waals surface area contributed by atoms with Gasteiger partial charge in [0.25, 0.3) is 5.91 Å². The molecule has 0 N–H and O–H groups in total. The van der Waals surface area contributed by atoms with Crippen LogP contribution in [0.5, 0.6) is 11.5 Å². The molecule has 6 heteroatoms. The van der Waals surface area contributed by atoms with Crippen LogP contribution in [0.2, 0.25) is 0 Å². The fourth-order valence-corrected chi connectivity index (χ4v) is 4.65. The Morgan fingerprint density at radius 1 is 1.00 bits per heavy atom. The normalized spacial score (nSPS) is 14.6. The predicted octanol–water partition coefficient (Wildman–Crippen LogP) is 6.30. The summed E-state index contributed by atoms with van der Waals surface area (Å²) in [6.07, 6.45) is 1.85. The summed E-state index contributed by atoms with van der Waals surface area (Å²) < 4.78 is 12.7. The van der Waals surface area contributed by atoms with Crippen LogP contribution in [0, 0.1) is 17.4 Å². The Hall–Kier alpha value is -3.13. The second-order valence-corrected chi connectivity index (χ2v) is 9.18. The number of hydrazone groups is 1. The number of amides is 1. The third-order valence-electron chi connectivity index (χ3n) is 5.29. The van der Waals surface area contributed by atoms with Gasteiger partial charge in [0.2, 0.25) is 0 Å². The number of nitrogens with zero attached hydrogens (tertiary/aromatic N) is 2. The highest BCUT2D eigenvalue weighted by Crippen LogP contribution is 2.36. The number of ether oxygens (including phenoxy) is 2. The van der Waals surface area contributed by atoms with Crippen molar-refractivity contribution in [3.8, 4) is 11.5 Å². The molecular formula is C27H25IN2O3. The maximum Gasteiger partial charge on any atom is 0.280 e. The molecule has 0 aliphatic carbocycles. The van der Waals surface area contributed by atoms with Crippen LogP contribution in [0.1, 0.15) is 29.2 Å². The molecule has 1 amide bonds. The smallest absolute Gasteiger partial charge is 0.280 e. The molecule has 1 aliphatic rings. The van der Waals surface area contributed by atoms with E-state index in [0.717, 1.165) is 20.4 Å². The van der Waals surface area contributed by atoms with E-state index in [4.69, 9.17) is 9.47 Å². The number of carbonyl (C=O) groups excluding carboxylic acids is 1. The quantitative estimate of drug-likeness (QED) is 0.267. The molecule has 0 fully saturated rings. The second kappa shape index (κ2) is 9.79. The molecule has 168 valence electrons. The van der Waals surface area contributed by atoms with Crippen LogP contribution in [0.15, 0.2) is 71.3 Å². The van der Waals surface area contributed by atoms with Gasteiger partial charge in [0, 0.05) is 0 Å². The average molecular weight is 552 g/mol. The molecule has 0 spiro atoms. The van der Waals surface area contributed by atoms with Gasteiger partial charge in [0.1, 0.15) is 6.61 Å². The van der Waals surface area contributed by atoms with Gasteiger partial charge in [-0.3, -0.25) is 4.79 Å². The Bertz CT molecular complexity index is 1250. The lowest BCUT2D eigenvalue weighted by Crippen LogP contribution is -2.21. The van der Waals surface area contributed by atoms with Gasteiger partial charge >= 0.3 is 0 Å². The zero-order valence-electron chi connectivity index (χ0n) is 19.1. The van der Waals surface area contributed by atoms with E-state index in [1.54, 1.807) is 7.11 Å². The monoisotopic (exact) mass is 552 g/mol. The Kier molecular flexibility index (Phi) is 6.83. The SMILES string of the molecule is COc1cc(/C=C2/C(=O)N(c3ccccc3)N=C2C)cc(I)c1OCc1cc(C)cc(C)c1. The first-order chi connectivity index (χ1) is 15.9. The van der Waals surface area contributed by atoms with E-state index in [1.165, 1.54) is 16.1 Å². The van der Waals surface area contributed by atoms with Crippen LogP contribution in [0.4, 0.5) is 5.69 Å². The first-order valence-electron chi connectivity index (χ1n) is 10.6. The maximum absolute atomic E-state index is 13.0. The van der Waals surface area contributed by atoms with Gasteiger partial charge in [-0.05, 0) is 84.8 Å². The van der Waals surface area contributed by atoms with E-state index in [9.17, 15) is 4.79 Å². The number of halogens is 1. The molecule has 4 rings (SSSR count). The van der Waals surface area contributed by atoms with Crippen LogP contribution in [0.25, 0.3) is 6.08 Å². The average Bonchev–Trinajstić information content (AvgIpc) is 3.06. The third kappa shape index (κ3) is 5.11. The van der Waals surface area contributed by atoms with Crippen molar-refractivity contribution in [3.05, 3.63) is 92.1 Å². The predicted molar refractivity (Wildman–Crippen MR) is 141 cm³/mol. The van der Waals surface area contributed by atoms with E-state index in [0.29, 0.717) is 29.4 Å². The van der Waals surface area contributed by atoms with Crippen molar-refractivity contribution >= 4 is 46.0 Å². The van der Waals surface area contributed by atoms with Gasteiger partial charge < -0.3 is 9.47 Å². The molecule has 0 aromatic heterocycles. The summed E-state index contributed by atoms with van der Waals surface area (Å²) in [6, 6.07) is 19.7. The molecule has 0 saturated carbocycles. The van der Waals surface area contributed by atoms with Gasteiger partial charge in [0.05, 0.1) is 27.7 Å². The Morgan fingerprint density at radius 3 is 2.36 bits per heavy atom. The molecule has 0 unspecified atom stereocenters. The van der Waals surface area contributed by atoms with Crippen LogP contribution in [-0.4, -0.2) is 18.7 Å². The Morgan fingerprint density at radius 2 is 1.70 bits per heavy atom. The van der Waals surface area contributed by atoms with Gasteiger partial charge in [-0.25, -0.2) is 0 Å². The van der Waals surface area contributed by atoms with Crippen LogP contribution < -0.4 is 14.5 Å². The minimum atomic E-state index is -0.150. The zero-order chi connectivity index (χ0) is 23.5. The van der Waals surface area contributed by atoms with Crippen LogP contribution >= 0.6 is 22.6 Å². The van der Waals surface area contributed by atoms with Gasteiger partial charge in [-0.2, -0.15) is 10.1 Å². The van der Waals surface area contributed by atoms with Crippen LogP contribution in [-0.2, 0) is 11.4 Å². The highest BCUT2D eigenvalue weighted by molar-refractivity contribution is 14.1. The molecule has 3 aromatic rings. The number of aryl methyl sites for hydroxylation is 2. The van der Waals surface area contributed by atoms with Crippen molar-refractivity contribution in [2.75, 3.05) is 12.1 Å². The summed E-state index contributed by atoms with van der Waals surface area (Å²) in [5.41, 5.74) is 6.35. The molecule has 0 saturated heterocycles. The third-order valence-corrected chi connectivity index (χ3v) is 6.09. The number of carbonyl (C=O) groups is 1. The fourth-order valence-electron chi connectivity index (χ4n) is 3.87. The second-order valence-electron chi connectivity index (χ2n) is 8.01. The zero-order valence-corrected chi connectivity index (χ0v) is 21.2. The molecule has 5 nitrogen and oxygen atoms in total. The summed E-state index contributed by atoms with van der Waals surface area (Å²) in [5.74, 6) is 1.16. The molecular weight excluding hydrogens is 527 g/mol. The van der Waals surface area contributed by atoms with E-state index in [2.05, 4.69) is 59.7 Å². The molecule has 1 aliphatic heterocycles. The Labute approximate surface area is 207 Å². The summed E-state index contributed by atoms with van der Waals surface area (Å²) in [6.45, 7) is 6.46. The number of methoxy groups -OCH3 is 1. The molecule has 1 heterocycles. The van der Waals surface area contributed by atoms with Crippen molar-refractivity contribution in [2.45, 2.75) is 27.4 Å². The molecule has 3 aromatic carbocycles. The van der Waals surface area contributed by atoms with E-state index >= 15 is 0 Å². The largest absolute Gasteiger partial charge is 0.493 e. The molecule has 0 radical (unpaired) electrons. The topological polar surface area (TPSA) is 51.1 Å². The number of anilines is 1. The highest BCUT2D eigenvalue weighted by atomic mass is 127. The fraction of sp³-hybridized carbons (Fsp3) is 0.185. The first kappa shape index (κ1) is 23.0. The van der Waals surface area contributed by atoms with Gasteiger partial charge in [0.15, 0.2) is 11.5 Å².